The average Bonchev–Trinajstić information content (AvgIpc) is 3.42. The number of hydrogen-bond acceptors (Lipinski definition) is 8. The van der Waals surface area contributed by atoms with Crippen LogP contribution in [0.1, 0.15) is 33.1 Å². The zero-order chi connectivity index (χ0) is 24.7. The van der Waals surface area contributed by atoms with Crippen molar-refractivity contribution in [3.05, 3.63) is 22.9 Å². The fourth-order valence-corrected chi connectivity index (χ4v) is 6.32. The molecule has 0 aliphatic carbocycles. The van der Waals surface area contributed by atoms with Crippen molar-refractivity contribution < 1.29 is 19.4 Å². The lowest BCUT2D eigenvalue weighted by Gasteiger charge is -2.40. The van der Waals surface area contributed by atoms with E-state index in [1.165, 1.54) is 18.1 Å². The van der Waals surface area contributed by atoms with Crippen LogP contribution >= 0.6 is 27.7 Å². The third-order valence-corrected chi connectivity index (χ3v) is 8.65. The Hall–Kier alpha value is -2.73. The predicted molar refractivity (Wildman–Crippen MR) is 135 cm³/mol. The smallest absolute Gasteiger partial charge is 0.407 e. The molecule has 2 aromatic heterocycles. The number of piperidine rings is 1. The molecule has 2 aliphatic rings. The van der Waals surface area contributed by atoms with Crippen LogP contribution in [0, 0.1) is 11.8 Å². The number of imidazole rings is 1. The highest BCUT2D eigenvalue weighted by molar-refractivity contribution is 9.10. The zero-order valence-corrected chi connectivity index (χ0v) is 21.9. The molecule has 1 amide bonds. The van der Waals surface area contributed by atoms with Gasteiger partial charge in [0, 0.05) is 28.5 Å². The number of nitrogens with zero attached hydrogens (tertiary/aromatic N) is 5. The number of amides is 1. The summed E-state index contributed by atoms with van der Waals surface area (Å²) in [5, 5.41) is 10.3. The Morgan fingerprint density at radius 3 is 2.83 bits per heavy atom. The molecule has 0 saturated carbocycles. The highest BCUT2D eigenvalue weighted by Gasteiger charge is 2.33. The quantitative estimate of drug-likeness (QED) is 0.432. The summed E-state index contributed by atoms with van der Waals surface area (Å²) in [7, 11) is 0. The van der Waals surface area contributed by atoms with Crippen molar-refractivity contribution in [1.82, 2.24) is 24.4 Å². The van der Waals surface area contributed by atoms with Crippen molar-refractivity contribution in [2.24, 2.45) is 11.8 Å². The molecule has 2 aliphatic heterocycles. The molecule has 4 heterocycles. The van der Waals surface area contributed by atoms with E-state index < -0.39 is 6.09 Å². The number of benzene rings is 1. The van der Waals surface area contributed by atoms with E-state index in [1.54, 1.807) is 4.90 Å². The molecule has 0 spiro atoms. The maximum absolute atomic E-state index is 11.7. The summed E-state index contributed by atoms with van der Waals surface area (Å²) in [4.78, 5) is 27.6. The molecule has 0 bridgehead atoms. The second kappa shape index (κ2) is 9.73. The predicted octanol–water partition coefficient (Wildman–Crippen LogP) is 4.86. The molecule has 3 N–H and O–H groups in total. The Balaban J connectivity index is 1.41. The van der Waals surface area contributed by atoms with Crippen molar-refractivity contribution in [1.29, 1.82) is 0 Å². The van der Waals surface area contributed by atoms with Crippen LogP contribution in [0.15, 0.2) is 33.0 Å². The molecule has 1 fully saturated rings. The Morgan fingerprint density at radius 2 is 2.09 bits per heavy atom. The van der Waals surface area contributed by atoms with E-state index in [2.05, 4.69) is 44.3 Å². The minimum atomic E-state index is -0.831. The zero-order valence-electron chi connectivity index (χ0n) is 19.5. The number of rotatable bonds is 6. The molecule has 35 heavy (non-hydrogen) atoms. The molecule has 5 rings (SSSR count). The number of aromatic nitrogens is 4. The number of anilines is 1. The third kappa shape index (κ3) is 4.73. The summed E-state index contributed by atoms with van der Waals surface area (Å²) in [5.41, 5.74) is 7.40. The number of carbonyl (C=O) groups is 1. The lowest BCUT2D eigenvalue weighted by molar-refractivity contribution is 0.0681. The minimum absolute atomic E-state index is 0.0298. The van der Waals surface area contributed by atoms with Crippen LogP contribution in [0.25, 0.3) is 11.2 Å². The van der Waals surface area contributed by atoms with E-state index >= 15 is 0 Å². The number of likely N-dealkylation sites (tertiary alicyclic amines) is 1. The summed E-state index contributed by atoms with van der Waals surface area (Å²) in [6.07, 6.45) is 3.21. The van der Waals surface area contributed by atoms with Crippen molar-refractivity contribution in [3.8, 4) is 11.5 Å². The number of halogens is 1. The molecule has 0 radical (unpaired) electrons. The highest BCUT2D eigenvalue weighted by atomic mass is 79.9. The molecule has 0 unspecified atom stereocenters. The lowest BCUT2D eigenvalue weighted by atomic mass is 9.84. The highest BCUT2D eigenvalue weighted by Crippen LogP contribution is 2.43. The molecule has 12 heteroatoms. The van der Waals surface area contributed by atoms with Crippen LogP contribution < -0.4 is 15.2 Å². The van der Waals surface area contributed by atoms with Gasteiger partial charge in [-0.25, -0.2) is 19.7 Å². The van der Waals surface area contributed by atoms with Gasteiger partial charge in [0.1, 0.15) is 6.33 Å². The summed E-state index contributed by atoms with van der Waals surface area (Å²) >= 11 is 5.13. The number of nitrogen functional groups attached to an aromatic ring is 1. The van der Waals surface area contributed by atoms with Gasteiger partial charge in [0.15, 0.2) is 33.6 Å². The molecule has 3 aromatic rings. The fraction of sp³-hybridized carbons (Fsp3) is 0.478. The Labute approximate surface area is 215 Å². The fourth-order valence-electron chi connectivity index (χ4n) is 4.81. The van der Waals surface area contributed by atoms with Crippen molar-refractivity contribution in [2.45, 2.75) is 55.7 Å². The summed E-state index contributed by atoms with van der Waals surface area (Å²) < 4.78 is 14.0. The van der Waals surface area contributed by atoms with Crippen LogP contribution in [0.2, 0.25) is 0 Å². The first-order chi connectivity index (χ1) is 16.8. The second-order valence-corrected chi connectivity index (χ2v) is 11.0. The van der Waals surface area contributed by atoms with Gasteiger partial charge in [-0.3, -0.25) is 0 Å². The maximum Gasteiger partial charge on any atom is 0.407 e. The van der Waals surface area contributed by atoms with Crippen molar-refractivity contribution in [2.75, 3.05) is 19.1 Å². The monoisotopic (exact) mass is 562 g/mol. The summed E-state index contributed by atoms with van der Waals surface area (Å²) in [6, 6.07) is 3.86. The lowest BCUT2D eigenvalue weighted by Crippen LogP contribution is -2.48. The number of carboxylic acid groups (broad SMARTS) is 1. The summed E-state index contributed by atoms with van der Waals surface area (Å²) in [6.45, 7) is 5.64. The van der Waals surface area contributed by atoms with Gasteiger partial charge in [0.05, 0.1) is 0 Å². The van der Waals surface area contributed by atoms with Crippen molar-refractivity contribution in [3.63, 3.8) is 0 Å². The van der Waals surface area contributed by atoms with Gasteiger partial charge in [-0.05, 0) is 59.2 Å². The minimum Gasteiger partial charge on any atom is -0.465 e. The maximum atomic E-state index is 11.7. The van der Waals surface area contributed by atoms with Crippen LogP contribution in [0.5, 0.6) is 11.5 Å². The molecule has 1 saturated heterocycles. The van der Waals surface area contributed by atoms with Crippen LogP contribution in [0.4, 0.5) is 10.6 Å². The Bertz CT molecular complexity index is 1270. The topological polar surface area (TPSA) is 129 Å². The molecule has 1 aromatic carbocycles. The van der Waals surface area contributed by atoms with E-state index in [9.17, 15) is 9.90 Å². The van der Waals surface area contributed by atoms with Crippen LogP contribution in [-0.4, -0.2) is 55.0 Å². The van der Waals surface area contributed by atoms with Gasteiger partial charge in [0.25, 0.3) is 0 Å². The summed E-state index contributed by atoms with van der Waals surface area (Å²) in [5.74, 6) is 2.42. The van der Waals surface area contributed by atoms with Gasteiger partial charge in [0.2, 0.25) is 6.79 Å². The third-order valence-electron chi connectivity index (χ3n) is 6.68. The van der Waals surface area contributed by atoms with Gasteiger partial charge in [-0.15, -0.1) is 0 Å². The Kier molecular flexibility index (Phi) is 6.67. The molecular weight excluding hydrogens is 536 g/mol. The van der Waals surface area contributed by atoms with Crippen molar-refractivity contribution >= 4 is 50.8 Å². The van der Waals surface area contributed by atoms with Gasteiger partial charge >= 0.3 is 6.09 Å². The Morgan fingerprint density at radius 1 is 1.31 bits per heavy atom. The van der Waals surface area contributed by atoms with Gasteiger partial charge in [-0.2, -0.15) is 0 Å². The van der Waals surface area contributed by atoms with Gasteiger partial charge in [-0.1, -0.05) is 25.6 Å². The van der Waals surface area contributed by atoms with E-state index in [0.717, 1.165) is 33.8 Å². The SMILES string of the molecule is CC(C)[C@@H]1C[C@@H](CCn2c(Sc3cc4c(cc3Br)OCO4)nc3c(N)ncnc32)CCN1C(=O)O. The van der Waals surface area contributed by atoms with E-state index in [0.29, 0.717) is 47.5 Å². The number of hydrogen-bond donors (Lipinski definition) is 2. The van der Waals surface area contributed by atoms with E-state index in [-0.39, 0.29) is 18.8 Å². The molecule has 186 valence electrons. The van der Waals surface area contributed by atoms with E-state index in [4.69, 9.17) is 20.2 Å². The largest absolute Gasteiger partial charge is 0.465 e. The van der Waals surface area contributed by atoms with Crippen LogP contribution in [-0.2, 0) is 6.54 Å². The molecule has 2 atom stereocenters. The average molecular weight is 563 g/mol. The van der Waals surface area contributed by atoms with E-state index in [1.807, 2.05) is 12.1 Å². The molecular formula is C23H27BrN6O4S. The first-order valence-corrected chi connectivity index (χ1v) is 13.2. The number of aryl methyl sites for hydroxylation is 1. The second-order valence-electron chi connectivity index (χ2n) is 9.18. The first-order valence-electron chi connectivity index (χ1n) is 11.5. The van der Waals surface area contributed by atoms with Gasteiger partial charge < -0.3 is 29.8 Å². The number of fused-ring (bicyclic) bond motifs is 2. The van der Waals surface area contributed by atoms with Crippen LogP contribution in [0.3, 0.4) is 0 Å². The standard InChI is InChI=1S/C23H27BrN6O4S/c1-12(2)15-7-13(3-5-29(15)23(31)32)4-6-30-21-19(20(25)26-10-27-21)28-22(30)35-18-9-17-16(8-14(18)24)33-11-34-17/h8-10,12-13,15H,3-7,11H2,1-2H3,(H,31,32)(H2,25,26,27)/t13-,15+/m1/s1. The first kappa shape index (κ1) is 24.0. The molecule has 10 nitrogen and oxygen atoms in total. The number of nitrogens with two attached hydrogens (primary N) is 1. The normalized spacial score (nSPS) is 19.6. The number of ether oxygens (including phenoxy) is 2.